The Labute approximate surface area is 195 Å². The van der Waals surface area contributed by atoms with Gasteiger partial charge in [0.2, 0.25) is 5.91 Å². The van der Waals surface area contributed by atoms with Crippen LogP contribution in [0.25, 0.3) is 0 Å². The van der Waals surface area contributed by atoms with Gasteiger partial charge in [-0.1, -0.05) is 12.1 Å². The Morgan fingerprint density at radius 2 is 1.76 bits per heavy atom. The molecule has 9 nitrogen and oxygen atoms in total. The van der Waals surface area contributed by atoms with E-state index in [1.807, 2.05) is 32.0 Å². The van der Waals surface area contributed by atoms with E-state index in [-0.39, 0.29) is 23.8 Å². The van der Waals surface area contributed by atoms with Crippen LogP contribution in [0.2, 0.25) is 0 Å². The standard InChI is InChI=1S/C24H34N6O3/c1-17-4-3-5-20(18(17)2)25-21(31)14-27-10-12-29(13-11-27)16-30-22(32)24(26-23(30)33)15-28-8-6-19(24)7-9-28/h3-5,19H,6-16H2,1-2H3,(H,25,31)(H,26,33)/t24-/m0/s1. The number of imide groups is 1. The number of piperidine rings is 3. The van der Waals surface area contributed by atoms with E-state index < -0.39 is 5.54 Å². The van der Waals surface area contributed by atoms with Gasteiger partial charge in [0.05, 0.1) is 13.2 Å². The van der Waals surface area contributed by atoms with Gasteiger partial charge in [0.1, 0.15) is 5.54 Å². The molecule has 1 aromatic carbocycles. The molecule has 0 saturated carbocycles. The van der Waals surface area contributed by atoms with E-state index in [1.165, 1.54) is 4.90 Å². The fourth-order valence-corrected chi connectivity index (χ4v) is 5.79. The number of urea groups is 1. The lowest BCUT2D eigenvalue weighted by atomic mass is 9.73. The zero-order chi connectivity index (χ0) is 23.2. The summed E-state index contributed by atoms with van der Waals surface area (Å²) >= 11 is 0. The predicted octanol–water partition coefficient (Wildman–Crippen LogP) is 0.833. The monoisotopic (exact) mass is 454 g/mol. The molecule has 1 atom stereocenters. The Bertz CT molecular complexity index is 952. The number of carbonyl (C=O) groups is 3. The number of carbonyl (C=O) groups excluding carboxylic acids is 3. The molecule has 0 aromatic heterocycles. The zero-order valence-electron chi connectivity index (χ0n) is 19.6. The molecule has 5 saturated heterocycles. The van der Waals surface area contributed by atoms with E-state index in [0.717, 1.165) is 68.9 Å². The lowest BCUT2D eigenvalue weighted by Crippen LogP contribution is -2.67. The van der Waals surface area contributed by atoms with Crippen LogP contribution in [0.15, 0.2) is 18.2 Å². The molecule has 5 fully saturated rings. The number of amides is 4. The highest BCUT2D eigenvalue weighted by Gasteiger charge is 2.59. The largest absolute Gasteiger partial charge is 0.326 e. The van der Waals surface area contributed by atoms with Crippen LogP contribution in [0, 0.1) is 19.8 Å². The number of benzene rings is 1. The minimum absolute atomic E-state index is 0.0180. The minimum atomic E-state index is -0.721. The summed E-state index contributed by atoms with van der Waals surface area (Å²) in [6, 6.07) is 5.66. The third-order valence-electron chi connectivity index (χ3n) is 8.01. The van der Waals surface area contributed by atoms with Crippen LogP contribution in [0.5, 0.6) is 0 Å². The summed E-state index contributed by atoms with van der Waals surface area (Å²) in [5.41, 5.74) is 2.38. The molecular weight excluding hydrogens is 420 g/mol. The van der Waals surface area contributed by atoms with Crippen molar-refractivity contribution >= 4 is 23.5 Å². The Morgan fingerprint density at radius 3 is 2.42 bits per heavy atom. The van der Waals surface area contributed by atoms with E-state index in [2.05, 4.69) is 25.3 Å². The third kappa shape index (κ3) is 4.13. The highest BCUT2D eigenvalue weighted by Crippen LogP contribution is 2.39. The molecule has 1 spiro atoms. The van der Waals surface area contributed by atoms with Crippen molar-refractivity contribution in [2.45, 2.75) is 32.2 Å². The second-order valence-electron chi connectivity index (χ2n) is 10.0. The first-order valence-corrected chi connectivity index (χ1v) is 12.0. The Hall–Kier alpha value is -2.49. The molecule has 5 heterocycles. The van der Waals surface area contributed by atoms with Gasteiger partial charge >= 0.3 is 6.03 Å². The normalized spacial score (nSPS) is 30.2. The minimum Gasteiger partial charge on any atom is -0.325 e. The summed E-state index contributed by atoms with van der Waals surface area (Å²) in [6.07, 6.45) is 1.95. The molecule has 2 N–H and O–H groups in total. The molecule has 178 valence electrons. The number of anilines is 1. The summed E-state index contributed by atoms with van der Waals surface area (Å²) in [4.78, 5) is 46.6. The second-order valence-corrected chi connectivity index (χ2v) is 10.0. The van der Waals surface area contributed by atoms with Gasteiger partial charge in [-0.05, 0) is 62.9 Å². The first kappa shape index (κ1) is 22.3. The summed E-state index contributed by atoms with van der Waals surface area (Å²) in [5.74, 6) is 0.170. The topological polar surface area (TPSA) is 88.2 Å². The first-order valence-electron chi connectivity index (χ1n) is 12.0. The Balaban J connectivity index is 1.12. The lowest BCUT2D eigenvalue weighted by Gasteiger charge is -2.49. The van der Waals surface area contributed by atoms with Gasteiger partial charge < -0.3 is 15.5 Å². The van der Waals surface area contributed by atoms with Crippen molar-refractivity contribution in [3.8, 4) is 0 Å². The quantitative estimate of drug-likeness (QED) is 0.641. The summed E-state index contributed by atoms with van der Waals surface area (Å²) < 4.78 is 0. The number of nitrogens with one attached hydrogen (secondary N) is 2. The smallest absolute Gasteiger partial charge is 0.325 e. The highest BCUT2D eigenvalue weighted by atomic mass is 16.2. The van der Waals surface area contributed by atoms with Gasteiger partial charge in [0.25, 0.3) is 5.91 Å². The number of hydrogen-bond donors (Lipinski definition) is 2. The maximum atomic E-state index is 13.3. The third-order valence-corrected chi connectivity index (χ3v) is 8.01. The number of fused-ring (bicyclic) bond motifs is 2. The van der Waals surface area contributed by atoms with Gasteiger partial charge in [0, 0.05) is 38.4 Å². The Morgan fingerprint density at radius 1 is 1.06 bits per heavy atom. The predicted molar refractivity (Wildman–Crippen MR) is 125 cm³/mol. The van der Waals surface area contributed by atoms with Crippen molar-refractivity contribution in [3.63, 3.8) is 0 Å². The number of aryl methyl sites for hydroxylation is 1. The van der Waals surface area contributed by atoms with Gasteiger partial charge in [-0.2, -0.15) is 0 Å². The van der Waals surface area contributed by atoms with Crippen LogP contribution in [-0.2, 0) is 9.59 Å². The van der Waals surface area contributed by atoms with Crippen LogP contribution in [0.4, 0.5) is 10.5 Å². The van der Waals surface area contributed by atoms with Crippen LogP contribution < -0.4 is 10.6 Å². The average Bonchev–Trinajstić information content (AvgIpc) is 3.03. The molecule has 4 amide bonds. The molecule has 6 rings (SSSR count). The SMILES string of the molecule is Cc1cccc(NC(=O)CN2CCN(CN3C(=O)N[C@]4(CN5CCC4CC5)C3=O)CC2)c1C. The molecule has 0 unspecified atom stereocenters. The molecule has 5 aliphatic heterocycles. The zero-order valence-corrected chi connectivity index (χ0v) is 19.6. The van der Waals surface area contributed by atoms with Crippen molar-refractivity contribution < 1.29 is 14.4 Å². The van der Waals surface area contributed by atoms with E-state index in [1.54, 1.807) is 0 Å². The first-order chi connectivity index (χ1) is 15.9. The van der Waals surface area contributed by atoms with Crippen LogP contribution in [0.1, 0.15) is 24.0 Å². The van der Waals surface area contributed by atoms with E-state index in [4.69, 9.17) is 0 Å². The summed E-state index contributed by atoms with van der Waals surface area (Å²) in [7, 11) is 0. The van der Waals surface area contributed by atoms with E-state index >= 15 is 0 Å². The molecule has 0 radical (unpaired) electrons. The summed E-state index contributed by atoms with van der Waals surface area (Å²) in [5, 5.41) is 6.08. The number of hydrogen-bond acceptors (Lipinski definition) is 6. The van der Waals surface area contributed by atoms with Crippen molar-refractivity contribution in [2.24, 2.45) is 5.92 Å². The molecular formula is C24H34N6O3. The number of nitrogens with zero attached hydrogens (tertiary/aromatic N) is 4. The van der Waals surface area contributed by atoms with Crippen molar-refractivity contribution in [1.29, 1.82) is 0 Å². The maximum absolute atomic E-state index is 13.3. The molecule has 1 aromatic rings. The van der Waals surface area contributed by atoms with E-state index in [9.17, 15) is 14.4 Å². The number of rotatable bonds is 5. The van der Waals surface area contributed by atoms with Crippen molar-refractivity contribution in [1.82, 2.24) is 24.9 Å². The van der Waals surface area contributed by atoms with Crippen molar-refractivity contribution in [3.05, 3.63) is 29.3 Å². The fourth-order valence-electron chi connectivity index (χ4n) is 5.79. The number of piperazine rings is 1. The van der Waals surface area contributed by atoms with Crippen LogP contribution >= 0.6 is 0 Å². The van der Waals surface area contributed by atoms with Gasteiger partial charge in [-0.3, -0.25) is 19.4 Å². The van der Waals surface area contributed by atoms with Gasteiger partial charge in [-0.25, -0.2) is 9.69 Å². The van der Waals surface area contributed by atoms with Gasteiger partial charge in [0.15, 0.2) is 0 Å². The average molecular weight is 455 g/mol. The summed E-state index contributed by atoms with van der Waals surface area (Å²) in [6.45, 7) is 10.3. The van der Waals surface area contributed by atoms with Crippen LogP contribution in [0.3, 0.4) is 0 Å². The maximum Gasteiger partial charge on any atom is 0.326 e. The molecule has 2 bridgehead atoms. The molecule has 9 heteroatoms. The lowest BCUT2D eigenvalue weighted by molar-refractivity contribution is -0.140. The Kier molecular flexibility index (Phi) is 5.88. The van der Waals surface area contributed by atoms with Crippen LogP contribution in [-0.4, -0.2) is 102 Å². The van der Waals surface area contributed by atoms with E-state index in [0.29, 0.717) is 19.8 Å². The molecule has 5 aliphatic rings. The fraction of sp³-hybridized carbons (Fsp3) is 0.625. The van der Waals surface area contributed by atoms with Gasteiger partial charge in [-0.15, -0.1) is 0 Å². The second kappa shape index (κ2) is 8.70. The highest BCUT2D eigenvalue weighted by molar-refractivity contribution is 6.07. The molecule has 0 aliphatic carbocycles. The molecule has 33 heavy (non-hydrogen) atoms. The van der Waals surface area contributed by atoms with Crippen molar-refractivity contribution in [2.75, 3.05) is 64.3 Å².